The molecule has 19 heavy (non-hydrogen) atoms. The summed E-state index contributed by atoms with van der Waals surface area (Å²) in [4.78, 5) is 0.926. The van der Waals surface area contributed by atoms with Crippen molar-refractivity contribution in [3.63, 3.8) is 0 Å². The van der Waals surface area contributed by atoms with Crippen LogP contribution < -0.4 is 5.32 Å². The van der Waals surface area contributed by atoms with Gasteiger partial charge in [-0.2, -0.15) is 9.61 Å². The average Bonchev–Trinajstić information content (AvgIpc) is 3.15. The van der Waals surface area contributed by atoms with E-state index in [1.165, 1.54) is 17.8 Å². The van der Waals surface area contributed by atoms with Crippen LogP contribution in [0.15, 0.2) is 0 Å². The number of fused-ring (bicyclic) bond motifs is 1. The smallest absolute Gasteiger partial charge is 0.234 e. The lowest BCUT2D eigenvalue weighted by molar-refractivity contribution is 0.193. The van der Waals surface area contributed by atoms with Crippen LogP contribution in [0.2, 0.25) is 0 Å². The van der Waals surface area contributed by atoms with Gasteiger partial charge in [0.05, 0.1) is 6.61 Å². The van der Waals surface area contributed by atoms with Gasteiger partial charge in [-0.1, -0.05) is 11.3 Å². The molecule has 7 heteroatoms. The van der Waals surface area contributed by atoms with Crippen molar-refractivity contribution >= 4 is 16.3 Å². The van der Waals surface area contributed by atoms with Gasteiger partial charge >= 0.3 is 0 Å². The van der Waals surface area contributed by atoms with Gasteiger partial charge in [0.15, 0.2) is 5.82 Å². The van der Waals surface area contributed by atoms with E-state index in [-0.39, 0.29) is 0 Å². The normalized spacial score (nSPS) is 25.4. The molecule has 2 aromatic rings. The average molecular weight is 279 g/mol. The zero-order chi connectivity index (χ0) is 12.7. The van der Waals surface area contributed by atoms with E-state index in [4.69, 9.17) is 9.84 Å². The first kappa shape index (κ1) is 11.7. The molecule has 0 spiro atoms. The van der Waals surface area contributed by atoms with Crippen LogP contribution in [0.25, 0.3) is 4.96 Å². The first-order chi connectivity index (χ1) is 9.42. The van der Waals surface area contributed by atoms with E-state index in [1.807, 2.05) is 4.52 Å². The lowest BCUT2D eigenvalue weighted by Gasteiger charge is -2.19. The first-order valence-electron chi connectivity index (χ1n) is 6.92. The van der Waals surface area contributed by atoms with E-state index < -0.39 is 0 Å². The van der Waals surface area contributed by atoms with Crippen molar-refractivity contribution in [2.24, 2.45) is 0 Å². The second kappa shape index (κ2) is 4.81. The molecule has 0 aromatic carbocycles. The Morgan fingerprint density at radius 3 is 2.84 bits per heavy atom. The van der Waals surface area contributed by atoms with Crippen molar-refractivity contribution < 1.29 is 4.74 Å². The zero-order valence-corrected chi connectivity index (χ0v) is 11.5. The molecule has 0 radical (unpaired) electrons. The highest BCUT2D eigenvalue weighted by Gasteiger charge is 2.26. The Kier molecular flexibility index (Phi) is 2.97. The van der Waals surface area contributed by atoms with E-state index in [0.717, 1.165) is 43.5 Å². The summed E-state index contributed by atoms with van der Waals surface area (Å²) >= 11 is 1.69. The maximum Gasteiger partial charge on any atom is 0.234 e. The Bertz CT molecular complexity index is 568. The fraction of sp³-hybridized carbons (Fsp3) is 0.750. The van der Waals surface area contributed by atoms with Crippen LogP contribution in [0.5, 0.6) is 0 Å². The topological polar surface area (TPSA) is 64.3 Å². The van der Waals surface area contributed by atoms with Gasteiger partial charge in [-0.25, -0.2) is 0 Å². The van der Waals surface area contributed by atoms with Crippen LogP contribution >= 0.6 is 11.3 Å². The Morgan fingerprint density at radius 2 is 2.05 bits per heavy atom. The number of hydrogen-bond acceptors (Lipinski definition) is 6. The molecule has 2 fully saturated rings. The van der Waals surface area contributed by atoms with Crippen molar-refractivity contribution in [2.75, 3.05) is 26.3 Å². The molecule has 1 N–H and O–H groups in total. The Labute approximate surface area is 115 Å². The summed E-state index contributed by atoms with van der Waals surface area (Å²) in [5.41, 5.74) is 0. The third kappa shape index (κ3) is 2.05. The summed E-state index contributed by atoms with van der Waals surface area (Å²) in [7, 11) is 0. The molecule has 4 heterocycles. The number of aromatic nitrogens is 4. The molecule has 1 atom stereocenters. The van der Waals surface area contributed by atoms with Gasteiger partial charge in [0.25, 0.3) is 0 Å². The minimum atomic E-state index is 0.359. The van der Waals surface area contributed by atoms with Crippen LogP contribution in [0.3, 0.4) is 0 Å². The van der Waals surface area contributed by atoms with Gasteiger partial charge in [-0.05, 0) is 32.4 Å². The molecule has 0 saturated carbocycles. The van der Waals surface area contributed by atoms with Gasteiger partial charge in [0.1, 0.15) is 5.01 Å². The van der Waals surface area contributed by atoms with Crippen molar-refractivity contribution in [2.45, 2.75) is 31.1 Å². The monoisotopic (exact) mass is 279 g/mol. The fourth-order valence-corrected chi connectivity index (χ4v) is 3.89. The van der Waals surface area contributed by atoms with Gasteiger partial charge in [0.2, 0.25) is 4.96 Å². The lowest BCUT2D eigenvalue weighted by atomic mass is 9.99. The number of rotatable bonds is 2. The molecule has 2 aliphatic heterocycles. The van der Waals surface area contributed by atoms with Crippen molar-refractivity contribution in [1.29, 1.82) is 0 Å². The maximum atomic E-state index is 5.44. The number of hydrogen-bond donors (Lipinski definition) is 1. The Balaban J connectivity index is 1.67. The van der Waals surface area contributed by atoms with E-state index in [1.54, 1.807) is 11.3 Å². The summed E-state index contributed by atoms with van der Waals surface area (Å²) in [5.74, 6) is 1.92. The summed E-state index contributed by atoms with van der Waals surface area (Å²) in [6, 6.07) is 0. The van der Waals surface area contributed by atoms with Crippen molar-refractivity contribution in [3.05, 3.63) is 10.8 Å². The van der Waals surface area contributed by atoms with Crippen molar-refractivity contribution in [3.8, 4) is 0 Å². The van der Waals surface area contributed by atoms with Gasteiger partial charge < -0.3 is 10.1 Å². The van der Waals surface area contributed by atoms with Crippen LogP contribution in [-0.4, -0.2) is 46.1 Å². The van der Waals surface area contributed by atoms with E-state index >= 15 is 0 Å². The molecular formula is C12H17N5OS. The third-order valence-electron chi connectivity index (χ3n) is 4.01. The van der Waals surface area contributed by atoms with E-state index in [9.17, 15) is 0 Å². The van der Waals surface area contributed by atoms with Crippen LogP contribution in [0, 0.1) is 0 Å². The van der Waals surface area contributed by atoms with Crippen LogP contribution in [-0.2, 0) is 4.74 Å². The van der Waals surface area contributed by atoms with E-state index in [2.05, 4.69) is 15.5 Å². The summed E-state index contributed by atoms with van der Waals surface area (Å²) in [6.45, 7) is 3.76. The highest BCUT2D eigenvalue weighted by atomic mass is 32.1. The second-order valence-corrected chi connectivity index (χ2v) is 6.27. The molecule has 0 bridgehead atoms. The van der Waals surface area contributed by atoms with Crippen LogP contribution in [0.1, 0.15) is 41.9 Å². The quantitative estimate of drug-likeness (QED) is 0.893. The number of piperidine rings is 1. The SMILES string of the molecule is C1CC(c2nn3c(C4CCOC4)nnc3s2)CCN1. The minimum Gasteiger partial charge on any atom is -0.381 e. The molecule has 2 aliphatic rings. The third-order valence-corrected chi connectivity index (χ3v) is 5.08. The highest BCUT2D eigenvalue weighted by Crippen LogP contribution is 2.31. The maximum absolute atomic E-state index is 5.44. The summed E-state index contributed by atoms with van der Waals surface area (Å²) in [6.07, 6.45) is 3.37. The molecule has 2 saturated heterocycles. The predicted molar refractivity (Wildman–Crippen MR) is 71.7 cm³/mol. The summed E-state index contributed by atoms with van der Waals surface area (Å²) < 4.78 is 7.38. The van der Waals surface area contributed by atoms with Gasteiger partial charge in [-0.15, -0.1) is 10.2 Å². The molecule has 1 unspecified atom stereocenters. The first-order valence-corrected chi connectivity index (χ1v) is 7.74. The zero-order valence-electron chi connectivity index (χ0n) is 10.7. The fourth-order valence-electron chi connectivity index (χ4n) is 2.87. The largest absolute Gasteiger partial charge is 0.381 e. The molecule has 0 aliphatic carbocycles. The predicted octanol–water partition coefficient (Wildman–Crippen LogP) is 1.16. The van der Waals surface area contributed by atoms with Gasteiger partial charge in [0, 0.05) is 18.4 Å². The molecule has 2 aromatic heterocycles. The minimum absolute atomic E-state index is 0.359. The standard InChI is InChI=1S/C12H17N5OS/c1-4-13-5-2-8(1)11-16-17-10(9-3-6-18-7-9)14-15-12(17)19-11/h8-9,13H,1-7H2. The summed E-state index contributed by atoms with van der Waals surface area (Å²) in [5, 5.41) is 17.9. The lowest BCUT2D eigenvalue weighted by Crippen LogP contribution is -2.26. The molecule has 6 nitrogen and oxygen atoms in total. The second-order valence-electron chi connectivity index (χ2n) is 5.28. The van der Waals surface area contributed by atoms with Crippen LogP contribution in [0.4, 0.5) is 0 Å². The molecular weight excluding hydrogens is 262 g/mol. The van der Waals surface area contributed by atoms with Gasteiger partial charge in [-0.3, -0.25) is 0 Å². The number of nitrogens with zero attached hydrogens (tertiary/aromatic N) is 4. The number of ether oxygens (including phenoxy) is 1. The Morgan fingerprint density at radius 1 is 1.16 bits per heavy atom. The molecule has 102 valence electrons. The molecule has 4 rings (SSSR count). The highest BCUT2D eigenvalue weighted by molar-refractivity contribution is 7.16. The Hall–Kier alpha value is -1.05. The molecule has 0 amide bonds. The number of nitrogens with one attached hydrogen (secondary N) is 1. The van der Waals surface area contributed by atoms with E-state index in [0.29, 0.717) is 11.8 Å². The van der Waals surface area contributed by atoms with Crippen molar-refractivity contribution in [1.82, 2.24) is 25.1 Å².